The quantitative estimate of drug-likeness (QED) is 0.279. The number of Topliss-reactive ketones (excluding diaryl/α,β-unsaturated/α-hetero) is 1. The number of benzene rings is 1. The molecule has 3 rings (SSSR count). The van der Waals surface area contributed by atoms with Crippen molar-refractivity contribution in [1.82, 2.24) is 20.4 Å². The van der Waals surface area contributed by atoms with E-state index >= 15 is 4.39 Å². The number of nitrogens with one attached hydrogen (secondary N) is 2. The number of carboxylic acid groups (broad SMARTS) is 1. The highest BCUT2D eigenvalue weighted by atomic mass is 19.1. The average Bonchev–Trinajstić information content (AvgIpc) is 3.29. The number of aliphatic carboxylic acids is 1. The summed E-state index contributed by atoms with van der Waals surface area (Å²) in [4.78, 5) is 81.3. The monoisotopic (exact) mass is 632 g/mol. The number of ether oxygens (including phenoxy) is 1. The molecule has 2 aliphatic heterocycles. The van der Waals surface area contributed by atoms with Crippen molar-refractivity contribution in [2.45, 2.75) is 97.2 Å². The lowest BCUT2D eigenvalue weighted by atomic mass is 9.90. The second-order valence-corrected chi connectivity index (χ2v) is 12.5. The third-order valence-electron chi connectivity index (χ3n) is 8.47. The summed E-state index contributed by atoms with van der Waals surface area (Å²) in [6.07, 6.45) is -2.52. The number of alkyl carbamates (subject to hydrolysis) is 1. The van der Waals surface area contributed by atoms with Crippen molar-refractivity contribution in [3.05, 3.63) is 35.9 Å². The Bertz CT molecular complexity index is 1260. The molecule has 1 aromatic carbocycles. The molecule has 1 unspecified atom stereocenters. The number of carboxylic acids is 1. The first kappa shape index (κ1) is 35.4. The SMILES string of the molecule is CCCC(C(=O)C(=O)N[C@H](Cc1ccccc1)C(=O)O)N1C[C@H](F)[C@H]2CN(C(=O)[C@@H](NC(=O)OC(C)C)C(C)C)[C@H](C1=O)[C@H]2C. The molecule has 3 N–H and O–H groups in total. The standard InChI is InChI=1S/C32H45FN4O8/c1-7-11-24(27(38)28(39)34-23(31(42)43)14-20-12-9-8-10-13-20)36-16-22(33)21-15-37(26(19(21)6)30(36)41)29(40)25(17(2)3)35-32(44)45-18(4)5/h8-10,12-13,17-19,21-26H,7,11,14-16H2,1-6H3,(H,34,39)(H,35,44)(H,42,43)/t19-,21-,22-,23+,24?,25-,26-/m0/s1. The lowest BCUT2D eigenvalue weighted by Crippen LogP contribution is -2.60. The van der Waals surface area contributed by atoms with E-state index in [2.05, 4.69) is 10.6 Å². The van der Waals surface area contributed by atoms with Crippen LogP contribution in [-0.2, 0) is 35.1 Å². The van der Waals surface area contributed by atoms with E-state index in [1.807, 2.05) is 0 Å². The number of amides is 4. The Labute approximate surface area is 263 Å². The van der Waals surface area contributed by atoms with Gasteiger partial charge in [0.25, 0.3) is 5.91 Å². The van der Waals surface area contributed by atoms with Crippen LogP contribution in [0.25, 0.3) is 0 Å². The maximum Gasteiger partial charge on any atom is 0.408 e. The number of alkyl halides is 1. The van der Waals surface area contributed by atoms with Crippen LogP contribution in [0.4, 0.5) is 9.18 Å². The fourth-order valence-corrected chi connectivity index (χ4v) is 6.12. The van der Waals surface area contributed by atoms with Gasteiger partial charge in [0, 0.05) is 18.9 Å². The summed E-state index contributed by atoms with van der Waals surface area (Å²) in [7, 11) is 0. The van der Waals surface area contributed by atoms with Gasteiger partial charge in [-0.1, -0.05) is 64.4 Å². The molecule has 12 nitrogen and oxygen atoms in total. The first-order valence-electron chi connectivity index (χ1n) is 15.5. The number of fused-ring (bicyclic) bond motifs is 2. The number of hydrogen-bond donors (Lipinski definition) is 3. The predicted molar refractivity (Wildman–Crippen MR) is 162 cm³/mol. The van der Waals surface area contributed by atoms with Gasteiger partial charge in [-0.25, -0.2) is 14.0 Å². The van der Waals surface area contributed by atoms with Crippen LogP contribution in [0.2, 0.25) is 0 Å². The Kier molecular flexibility index (Phi) is 12.1. The molecule has 0 saturated carbocycles. The molecule has 0 radical (unpaired) electrons. The smallest absolute Gasteiger partial charge is 0.408 e. The molecule has 248 valence electrons. The number of halogens is 1. The summed E-state index contributed by atoms with van der Waals surface area (Å²) in [5.41, 5.74) is 0.632. The van der Waals surface area contributed by atoms with Gasteiger partial charge >= 0.3 is 12.1 Å². The molecule has 7 atom stereocenters. The van der Waals surface area contributed by atoms with E-state index in [1.165, 1.54) is 4.90 Å². The lowest BCUT2D eigenvalue weighted by molar-refractivity contribution is -0.153. The van der Waals surface area contributed by atoms with E-state index in [0.717, 1.165) is 4.90 Å². The van der Waals surface area contributed by atoms with E-state index in [1.54, 1.807) is 71.9 Å². The molecule has 0 aromatic heterocycles. The summed E-state index contributed by atoms with van der Waals surface area (Å²) >= 11 is 0. The van der Waals surface area contributed by atoms with Crippen molar-refractivity contribution in [3.8, 4) is 0 Å². The summed E-state index contributed by atoms with van der Waals surface area (Å²) in [6.45, 7) is 9.67. The van der Waals surface area contributed by atoms with Crippen molar-refractivity contribution in [1.29, 1.82) is 0 Å². The molecule has 2 saturated heterocycles. The lowest BCUT2D eigenvalue weighted by Gasteiger charge is -2.38. The number of carbonyl (C=O) groups is 6. The van der Waals surface area contributed by atoms with Crippen molar-refractivity contribution >= 4 is 35.6 Å². The van der Waals surface area contributed by atoms with E-state index in [9.17, 15) is 33.9 Å². The van der Waals surface area contributed by atoms with Crippen molar-refractivity contribution in [3.63, 3.8) is 0 Å². The molecule has 2 fully saturated rings. The minimum Gasteiger partial charge on any atom is -0.480 e. The molecule has 4 amide bonds. The van der Waals surface area contributed by atoms with E-state index in [4.69, 9.17) is 4.74 Å². The topological polar surface area (TPSA) is 162 Å². The fourth-order valence-electron chi connectivity index (χ4n) is 6.12. The number of likely N-dealkylation sites (tertiary alicyclic amines) is 2. The largest absolute Gasteiger partial charge is 0.480 e. The third-order valence-corrected chi connectivity index (χ3v) is 8.47. The Balaban J connectivity index is 1.87. The van der Waals surface area contributed by atoms with Crippen LogP contribution in [0.5, 0.6) is 0 Å². The van der Waals surface area contributed by atoms with Gasteiger partial charge in [-0.2, -0.15) is 0 Å². The first-order valence-corrected chi connectivity index (χ1v) is 15.5. The van der Waals surface area contributed by atoms with Gasteiger partial charge in [0.15, 0.2) is 0 Å². The highest BCUT2D eigenvalue weighted by Crippen LogP contribution is 2.39. The summed E-state index contributed by atoms with van der Waals surface area (Å²) in [5.74, 6) is -6.56. The van der Waals surface area contributed by atoms with E-state index in [-0.39, 0.29) is 19.4 Å². The molecule has 1 aromatic rings. The van der Waals surface area contributed by atoms with Crippen LogP contribution >= 0.6 is 0 Å². The Hall–Kier alpha value is -4.03. The van der Waals surface area contributed by atoms with Gasteiger partial charge in [0.1, 0.15) is 30.3 Å². The molecule has 2 heterocycles. The molecule has 0 aliphatic carbocycles. The van der Waals surface area contributed by atoms with Crippen molar-refractivity contribution in [2.75, 3.05) is 13.1 Å². The van der Waals surface area contributed by atoms with E-state index in [0.29, 0.717) is 12.0 Å². The van der Waals surface area contributed by atoms with Crippen LogP contribution in [0.3, 0.4) is 0 Å². The Morgan fingerprint density at radius 3 is 2.24 bits per heavy atom. The average molecular weight is 633 g/mol. The minimum absolute atomic E-state index is 0.0259. The van der Waals surface area contributed by atoms with Crippen LogP contribution in [0.1, 0.15) is 59.9 Å². The minimum atomic E-state index is -1.61. The zero-order chi connectivity index (χ0) is 33.6. The zero-order valence-electron chi connectivity index (χ0n) is 26.7. The van der Waals surface area contributed by atoms with Gasteiger partial charge in [-0.05, 0) is 37.7 Å². The highest BCUT2D eigenvalue weighted by Gasteiger charge is 2.55. The second kappa shape index (κ2) is 15.3. The van der Waals surface area contributed by atoms with Gasteiger partial charge in [0.05, 0.1) is 12.6 Å². The van der Waals surface area contributed by atoms with Gasteiger partial charge in [-0.15, -0.1) is 0 Å². The Morgan fingerprint density at radius 1 is 1.04 bits per heavy atom. The molecule has 0 spiro atoms. The molecular weight excluding hydrogens is 587 g/mol. The van der Waals surface area contributed by atoms with Gasteiger partial charge in [0.2, 0.25) is 17.6 Å². The molecule has 2 bridgehead atoms. The molecule has 2 aliphatic rings. The second-order valence-electron chi connectivity index (χ2n) is 12.5. The van der Waals surface area contributed by atoms with Crippen LogP contribution in [0, 0.1) is 17.8 Å². The van der Waals surface area contributed by atoms with Crippen molar-refractivity contribution in [2.24, 2.45) is 17.8 Å². The molecular formula is C32H45FN4O8. The van der Waals surface area contributed by atoms with Crippen LogP contribution in [-0.4, -0.2) is 100 Å². The number of ketones is 1. The van der Waals surface area contributed by atoms with Crippen LogP contribution in [0.15, 0.2) is 30.3 Å². The maximum atomic E-state index is 15.9. The van der Waals surface area contributed by atoms with Crippen molar-refractivity contribution < 1.29 is 43.0 Å². The Morgan fingerprint density at radius 2 is 1.69 bits per heavy atom. The van der Waals surface area contributed by atoms with Crippen LogP contribution < -0.4 is 10.6 Å². The van der Waals surface area contributed by atoms with Gasteiger partial charge < -0.3 is 30.3 Å². The normalized spacial score (nSPS) is 23.3. The molecule has 13 heteroatoms. The fraction of sp³-hybridized carbons (Fsp3) is 0.625. The third kappa shape index (κ3) is 8.37. The molecule has 45 heavy (non-hydrogen) atoms. The summed E-state index contributed by atoms with van der Waals surface area (Å²) in [6, 6.07) is 3.62. The van der Waals surface area contributed by atoms with E-state index < -0.39 is 96.3 Å². The number of hydrogen-bond acceptors (Lipinski definition) is 7. The zero-order valence-corrected chi connectivity index (χ0v) is 26.7. The predicted octanol–water partition coefficient (Wildman–Crippen LogP) is 2.34. The first-order chi connectivity index (χ1) is 21.2. The highest BCUT2D eigenvalue weighted by molar-refractivity contribution is 6.38. The van der Waals surface area contributed by atoms with Gasteiger partial charge in [-0.3, -0.25) is 19.2 Å². The number of carbonyl (C=O) groups excluding carboxylic acids is 5. The summed E-state index contributed by atoms with van der Waals surface area (Å²) < 4.78 is 21.0. The number of rotatable bonds is 13. The maximum absolute atomic E-state index is 15.9. The summed E-state index contributed by atoms with van der Waals surface area (Å²) in [5, 5.41) is 14.6. The number of nitrogens with zero attached hydrogens (tertiary/aromatic N) is 2.